The lowest BCUT2D eigenvalue weighted by Gasteiger charge is -2.19. The molecular formula is C23H24N2O3S. The molecule has 0 atom stereocenters. The van der Waals surface area contributed by atoms with Gasteiger partial charge in [-0.2, -0.15) is 0 Å². The zero-order valence-electron chi connectivity index (χ0n) is 16.4. The molecule has 29 heavy (non-hydrogen) atoms. The Hall–Kier alpha value is -3.12. The van der Waals surface area contributed by atoms with E-state index in [2.05, 4.69) is 10.0 Å². The standard InChI is InChI=1S/C23H24N2O3S/c1-17-13-14-22(25-29(2,27)28)20(15-17)23(26)24-16-21(18-9-5-3-6-10-18)19-11-7-4-8-12-19/h3-15,21,25H,16H2,1-2H3,(H,24,26). The highest BCUT2D eigenvalue weighted by atomic mass is 32.2. The van der Waals surface area contributed by atoms with Gasteiger partial charge in [-0.1, -0.05) is 72.3 Å². The first-order chi connectivity index (χ1) is 13.8. The van der Waals surface area contributed by atoms with Gasteiger partial charge in [0.25, 0.3) is 5.91 Å². The first-order valence-corrected chi connectivity index (χ1v) is 11.2. The third kappa shape index (κ3) is 5.68. The molecule has 0 heterocycles. The predicted molar refractivity (Wildman–Crippen MR) is 117 cm³/mol. The lowest BCUT2D eigenvalue weighted by Crippen LogP contribution is -2.30. The fourth-order valence-electron chi connectivity index (χ4n) is 3.22. The van der Waals surface area contributed by atoms with Gasteiger partial charge < -0.3 is 5.32 Å². The number of nitrogens with one attached hydrogen (secondary N) is 2. The summed E-state index contributed by atoms with van der Waals surface area (Å²) in [5.74, 6) is -0.339. The Balaban J connectivity index is 1.85. The van der Waals surface area contributed by atoms with Crippen molar-refractivity contribution in [3.63, 3.8) is 0 Å². The molecular weight excluding hydrogens is 384 g/mol. The van der Waals surface area contributed by atoms with E-state index < -0.39 is 10.0 Å². The highest BCUT2D eigenvalue weighted by Gasteiger charge is 2.18. The van der Waals surface area contributed by atoms with Crippen LogP contribution in [0.3, 0.4) is 0 Å². The molecule has 0 spiro atoms. The average molecular weight is 409 g/mol. The van der Waals surface area contributed by atoms with Crippen LogP contribution in [0.1, 0.15) is 33.0 Å². The molecule has 0 saturated heterocycles. The van der Waals surface area contributed by atoms with E-state index in [4.69, 9.17) is 0 Å². The second-order valence-corrected chi connectivity index (χ2v) is 8.76. The van der Waals surface area contributed by atoms with E-state index in [1.165, 1.54) is 0 Å². The molecule has 0 bridgehead atoms. The molecule has 3 rings (SSSR count). The summed E-state index contributed by atoms with van der Waals surface area (Å²) >= 11 is 0. The van der Waals surface area contributed by atoms with E-state index in [0.29, 0.717) is 12.1 Å². The Morgan fingerprint density at radius 2 is 1.45 bits per heavy atom. The summed E-state index contributed by atoms with van der Waals surface area (Å²) in [6.07, 6.45) is 1.06. The molecule has 0 unspecified atom stereocenters. The lowest BCUT2D eigenvalue weighted by molar-refractivity contribution is 0.0953. The fourth-order valence-corrected chi connectivity index (χ4v) is 3.80. The van der Waals surface area contributed by atoms with Crippen LogP contribution < -0.4 is 10.0 Å². The molecule has 2 N–H and O–H groups in total. The fraction of sp³-hybridized carbons (Fsp3) is 0.174. The lowest BCUT2D eigenvalue weighted by atomic mass is 9.91. The molecule has 0 aliphatic carbocycles. The highest BCUT2D eigenvalue weighted by Crippen LogP contribution is 2.24. The molecule has 0 aromatic heterocycles. The zero-order chi connectivity index (χ0) is 20.9. The topological polar surface area (TPSA) is 75.3 Å². The second kappa shape index (κ2) is 8.92. The molecule has 5 nitrogen and oxygen atoms in total. The van der Waals surface area contributed by atoms with Crippen LogP contribution in [0.4, 0.5) is 5.69 Å². The second-order valence-electron chi connectivity index (χ2n) is 7.01. The summed E-state index contributed by atoms with van der Waals surface area (Å²) < 4.78 is 25.7. The monoisotopic (exact) mass is 408 g/mol. The molecule has 3 aromatic carbocycles. The first kappa shape index (κ1) is 20.6. The minimum absolute atomic E-state index is 0.0162. The number of sulfonamides is 1. The normalized spacial score (nSPS) is 11.3. The van der Waals surface area contributed by atoms with Crippen LogP contribution in [0.2, 0.25) is 0 Å². The molecule has 0 saturated carbocycles. The number of rotatable bonds is 7. The van der Waals surface area contributed by atoms with E-state index >= 15 is 0 Å². The number of carbonyl (C=O) groups is 1. The first-order valence-electron chi connectivity index (χ1n) is 9.30. The minimum atomic E-state index is -3.49. The predicted octanol–water partition coefficient (Wildman–Crippen LogP) is 3.93. The summed E-state index contributed by atoms with van der Waals surface area (Å²) in [5.41, 5.74) is 3.63. The van der Waals surface area contributed by atoms with Crippen LogP contribution in [0.25, 0.3) is 0 Å². The van der Waals surface area contributed by atoms with Crippen LogP contribution in [-0.2, 0) is 10.0 Å². The molecule has 0 aliphatic rings. The van der Waals surface area contributed by atoms with Gasteiger partial charge in [0.1, 0.15) is 0 Å². The van der Waals surface area contributed by atoms with Gasteiger partial charge in [-0.25, -0.2) is 8.42 Å². The Labute approximate surface area is 171 Å². The summed E-state index contributed by atoms with van der Waals surface area (Å²) in [5, 5.41) is 2.98. The molecule has 0 fully saturated rings. The van der Waals surface area contributed by atoms with Gasteiger partial charge in [-0.05, 0) is 30.2 Å². The Morgan fingerprint density at radius 1 is 0.897 bits per heavy atom. The third-order valence-corrected chi connectivity index (χ3v) is 5.18. The maximum Gasteiger partial charge on any atom is 0.253 e. The Morgan fingerprint density at radius 3 is 1.97 bits per heavy atom. The highest BCUT2D eigenvalue weighted by molar-refractivity contribution is 7.92. The van der Waals surface area contributed by atoms with Crippen LogP contribution in [0.15, 0.2) is 78.9 Å². The zero-order valence-corrected chi connectivity index (χ0v) is 17.2. The number of carbonyl (C=O) groups excluding carboxylic acids is 1. The van der Waals surface area contributed by atoms with Crippen molar-refractivity contribution >= 4 is 21.6 Å². The van der Waals surface area contributed by atoms with Gasteiger partial charge in [-0.15, -0.1) is 0 Å². The van der Waals surface area contributed by atoms with E-state index in [1.54, 1.807) is 18.2 Å². The summed E-state index contributed by atoms with van der Waals surface area (Å²) in [6, 6.07) is 25.0. The average Bonchev–Trinajstić information content (AvgIpc) is 2.70. The van der Waals surface area contributed by atoms with Gasteiger partial charge >= 0.3 is 0 Å². The number of benzene rings is 3. The van der Waals surface area contributed by atoms with Crippen LogP contribution in [0.5, 0.6) is 0 Å². The third-order valence-electron chi connectivity index (χ3n) is 4.59. The van der Waals surface area contributed by atoms with Crippen molar-refractivity contribution in [2.45, 2.75) is 12.8 Å². The maximum atomic E-state index is 12.9. The van der Waals surface area contributed by atoms with Crippen molar-refractivity contribution in [2.75, 3.05) is 17.5 Å². The largest absolute Gasteiger partial charge is 0.351 e. The van der Waals surface area contributed by atoms with Crippen molar-refractivity contribution in [3.05, 3.63) is 101 Å². The van der Waals surface area contributed by atoms with Crippen molar-refractivity contribution in [1.29, 1.82) is 0 Å². The van der Waals surface area contributed by atoms with Gasteiger partial charge in [0, 0.05) is 12.5 Å². The number of hydrogen-bond donors (Lipinski definition) is 2. The Kier molecular flexibility index (Phi) is 6.34. The summed E-state index contributed by atoms with van der Waals surface area (Å²) in [4.78, 5) is 12.9. The molecule has 150 valence electrons. The van der Waals surface area contributed by atoms with Crippen molar-refractivity contribution < 1.29 is 13.2 Å². The molecule has 6 heteroatoms. The van der Waals surface area contributed by atoms with Crippen molar-refractivity contribution in [3.8, 4) is 0 Å². The number of aryl methyl sites for hydroxylation is 1. The van der Waals surface area contributed by atoms with Crippen LogP contribution in [0, 0.1) is 6.92 Å². The quantitative estimate of drug-likeness (QED) is 0.622. The number of amides is 1. The Bertz CT molecular complexity index is 1040. The van der Waals surface area contributed by atoms with E-state index in [-0.39, 0.29) is 17.5 Å². The number of hydrogen-bond acceptors (Lipinski definition) is 3. The van der Waals surface area contributed by atoms with E-state index in [1.807, 2.05) is 67.6 Å². The molecule has 3 aromatic rings. The van der Waals surface area contributed by atoms with E-state index in [9.17, 15) is 13.2 Å². The van der Waals surface area contributed by atoms with Crippen molar-refractivity contribution in [1.82, 2.24) is 5.32 Å². The summed E-state index contributed by atoms with van der Waals surface area (Å²) in [6.45, 7) is 2.25. The van der Waals surface area contributed by atoms with Crippen LogP contribution in [-0.4, -0.2) is 27.1 Å². The number of anilines is 1. The SMILES string of the molecule is Cc1ccc(NS(C)(=O)=O)c(C(=O)NCC(c2ccccc2)c2ccccc2)c1. The van der Waals surface area contributed by atoms with Gasteiger partial charge in [0.2, 0.25) is 10.0 Å². The molecule has 0 aliphatic heterocycles. The van der Waals surface area contributed by atoms with Crippen molar-refractivity contribution in [2.24, 2.45) is 0 Å². The van der Waals surface area contributed by atoms with Crippen LogP contribution >= 0.6 is 0 Å². The van der Waals surface area contributed by atoms with Gasteiger partial charge in [0.15, 0.2) is 0 Å². The maximum absolute atomic E-state index is 12.9. The molecule has 1 amide bonds. The van der Waals surface area contributed by atoms with E-state index in [0.717, 1.165) is 22.9 Å². The molecule has 0 radical (unpaired) electrons. The summed E-state index contributed by atoms with van der Waals surface area (Å²) in [7, 11) is -3.49. The minimum Gasteiger partial charge on any atom is -0.351 e. The smallest absolute Gasteiger partial charge is 0.253 e. The van der Waals surface area contributed by atoms with Gasteiger partial charge in [-0.3, -0.25) is 9.52 Å². The van der Waals surface area contributed by atoms with Gasteiger partial charge in [0.05, 0.1) is 17.5 Å².